The zero-order chi connectivity index (χ0) is 11.7. The number of rotatable bonds is 1. The van der Waals surface area contributed by atoms with E-state index >= 15 is 0 Å². The van der Waals surface area contributed by atoms with Crippen LogP contribution in [0.4, 0.5) is 0 Å². The molecule has 1 aromatic rings. The molecule has 3 nitrogen and oxygen atoms in total. The first-order chi connectivity index (χ1) is 7.58. The van der Waals surface area contributed by atoms with Crippen LogP contribution in [0, 0.1) is 0 Å². The molecule has 2 heterocycles. The minimum Gasteiger partial charge on any atom is -0.337 e. The van der Waals surface area contributed by atoms with E-state index in [0.717, 1.165) is 8.26 Å². The van der Waals surface area contributed by atoms with Crippen molar-refractivity contribution in [2.75, 3.05) is 13.1 Å². The quantitative estimate of drug-likeness (QED) is 0.765. The molecule has 1 aliphatic rings. The number of carbonyl (C=O) groups is 2. The summed E-state index contributed by atoms with van der Waals surface area (Å²) in [6.07, 6.45) is 0.971. The van der Waals surface area contributed by atoms with Crippen LogP contribution in [0.2, 0.25) is 0 Å². The molecule has 6 heteroatoms. The predicted molar refractivity (Wildman–Crippen MR) is 69.9 cm³/mol. The molecule has 1 aliphatic heterocycles. The Morgan fingerprint density at radius 1 is 1.31 bits per heavy atom. The molecule has 0 bridgehead atoms. The Bertz CT molecular complexity index is 415. The van der Waals surface area contributed by atoms with Gasteiger partial charge >= 0.3 is 0 Å². The van der Waals surface area contributed by atoms with Gasteiger partial charge in [0.05, 0.1) is 8.66 Å². The predicted octanol–water partition coefficient (Wildman–Crippen LogP) is 3.08. The van der Waals surface area contributed by atoms with Crippen molar-refractivity contribution < 1.29 is 9.59 Å². The molecule has 16 heavy (non-hydrogen) atoms. The molecule has 2 rings (SSSR count). The van der Waals surface area contributed by atoms with Gasteiger partial charge in [-0.1, -0.05) is 0 Å². The SMILES string of the molecule is O=C1CCN(C(=O)c2cc(Br)c(Br)s2)CC1. The zero-order valence-electron chi connectivity index (χ0n) is 8.33. The average Bonchev–Trinajstić information content (AvgIpc) is 2.59. The maximum Gasteiger partial charge on any atom is 0.264 e. The molecule has 0 N–H and O–H groups in total. The number of ketones is 1. The second kappa shape index (κ2) is 4.98. The van der Waals surface area contributed by atoms with Gasteiger partial charge in [0.15, 0.2) is 0 Å². The van der Waals surface area contributed by atoms with Crippen molar-refractivity contribution in [1.29, 1.82) is 0 Å². The average molecular weight is 367 g/mol. The summed E-state index contributed by atoms with van der Waals surface area (Å²) in [4.78, 5) is 25.6. The summed E-state index contributed by atoms with van der Waals surface area (Å²) in [5.74, 6) is 0.265. The molecule has 0 spiro atoms. The number of carbonyl (C=O) groups excluding carboxylic acids is 2. The largest absolute Gasteiger partial charge is 0.337 e. The number of amides is 1. The summed E-state index contributed by atoms with van der Waals surface area (Å²) in [5.41, 5.74) is 0. The molecule has 0 atom stereocenters. The topological polar surface area (TPSA) is 37.4 Å². The van der Waals surface area contributed by atoms with Gasteiger partial charge in [-0.05, 0) is 37.9 Å². The van der Waals surface area contributed by atoms with Gasteiger partial charge in [0.1, 0.15) is 5.78 Å². The van der Waals surface area contributed by atoms with E-state index in [-0.39, 0.29) is 11.7 Å². The van der Waals surface area contributed by atoms with Gasteiger partial charge < -0.3 is 4.90 Å². The van der Waals surface area contributed by atoms with E-state index in [4.69, 9.17) is 0 Å². The van der Waals surface area contributed by atoms with Gasteiger partial charge in [0, 0.05) is 30.4 Å². The highest BCUT2D eigenvalue weighted by Crippen LogP contribution is 2.33. The van der Waals surface area contributed by atoms with Crippen LogP contribution in [-0.2, 0) is 4.79 Å². The smallest absolute Gasteiger partial charge is 0.264 e. The van der Waals surface area contributed by atoms with Gasteiger partial charge in [-0.2, -0.15) is 0 Å². The van der Waals surface area contributed by atoms with Crippen molar-refractivity contribution in [3.63, 3.8) is 0 Å². The Hall–Kier alpha value is -0.200. The maximum absolute atomic E-state index is 12.1. The third-order valence-corrected chi connectivity index (χ3v) is 5.71. The van der Waals surface area contributed by atoms with E-state index in [1.54, 1.807) is 4.90 Å². The molecule has 86 valence electrons. The monoisotopic (exact) mass is 365 g/mol. The third kappa shape index (κ3) is 2.55. The summed E-state index contributed by atoms with van der Waals surface area (Å²) >= 11 is 8.13. The number of piperidine rings is 1. The molecule has 0 radical (unpaired) electrons. The van der Waals surface area contributed by atoms with E-state index < -0.39 is 0 Å². The first-order valence-electron chi connectivity index (χ1n) is 4.83. The minimum absolute atomic E-state index is 0.0175. The van der Waals surface area contributed by atoms with E-state index in [1.807, 2.05) is 6.07 Å². The zero-order valence-corrected chi connectivity index (χ0v) is 12.3. The van der Waals surface area contributed by atoms with Gasteiger partial charge in [-0.15, -0.1) is 11.3 Å². The molecule has 0 aromatic carbocycles. The molecule has 1 saturated heterocycles. The Labute approximate surface area is 114 Å². The normalized spacial score (nSPS) is 16.6. The Morgan fingerprint density at radius 3 is 2.44 bits per heavy atom. The summed E-state index contributed by atoms with van der Waals surface area (Å²) in [6, 6.07) is 1.81. The Kier molecular flexibility index (Phi) is 3.81. The molecule has 0 saturated carbocycles. The number of likely N-dealkylation sites (tertiary alicyclic amines) is 1. The minimum atomic E-state index is 0.0175. The lowest BCUT2D eigenvalue weighted by Gasteiger charge is -2.25. The van der Waals surface area contributed by atoms with Crippen LogP contribution in [0.25, 0.3) is 0 Å². The number of halogens is 2. The van der Waals surface area contributed by atoms with Crippen LogP contribution in [-0.4, -0.2) is 29.7 Å². The maximum atomic E-state index is 12.1. The summed E-state index contributed by atoms with van der Waals surface area (Å²) in [6.45, 7) is 1.09. The highest BCUT2D eigenvalue weighted by molar-refractivity contribution is 9.13. The van der Waals surface area contributed by atoms with E-state index in [2.05, 4.69) is 31.9 Å². The summed E-state index contributed by atoms with van der Waals surface area (Å²) < 4.78 is 1.82. The Morgan fingerprint density at radius 2 is 1.94 bits per heavy atom. The second-order valence-corrected chi connectivity index (χ2v) is 6.79. The van der Waals surface area contributed by atoms with Gasteiger partial charge in [0.25, 0.3) is 5.91 Å². The number of Topliss-reactive ketones (excluding diaryl/α,β-unsaturated/α-hetero) is 1. The number of hydrogen-bond acceptors (Lipinski definition) is 3. The van der Waals surface area contributed by atoms with Crippen LogP contribution in [0.15, 0.2) is 14.3 Å². The third-order valence-electron chi connectivity index (χ3n) is 2.46. The van der Waals surface area contributed by atoms with Crippen LogP contribution in [0.1, 0.15) is 22.5 Å². The number of thiophene rings is 1. The number of nitrogens with zero attached hydrogens (tertiary/aromatic N) is 1. The lowest BCUT2D eigenvalue weighted by Crippen LogP contribution is -2.38. The molecule has 0 aliphatic carbocycles. The molecule has 1 amide bonds. The first kappa shape index (κ1) is 12.3. The van der Waals surface area contributed by atoms with Crippen molar-refractivity contribution >= 4 is 54.9 Å². The van der Waals surface area contributed by atoms with Crippen molar-refractivity contribution in [2.45, 2.75) is 12.8 Å². The molecular formula is C10H9Br2NO2S. The fourth-order valence-corrected chi connectivity index (χ4v) is 3.57. The van der Waals surface area contributed by atoms with Gasteiger partial charge in [0.2, 0.25) is 0 Å². The number of hydrogen-bond donors (Lipinski definition) is 0. The van der Waals surface area contributed by atoms with Gasteiger partial charge in [-0.25, -0.2) is 0 Å². The van der Waals surface area contributed by atoms with Crippen molar-refractivity contribution in [1.82, 2.24) is 4.90 Å². The van der Waals surface area contributed by atoms with Crippen LogP contribution < -0.4 is 0 Å². The van der Waals surface area contributed by atoms with Crippen molar-refractivity contribution in [3.05, 3.63) is 19.2 Å². The second-order valence-electron chi connectivity index (χ2n) is 3.56. The molecule has 1 aromatic heterocycles. The van der Waals surface area contributed by atoms with Crippen molar-refractivity contribution in [2.24, 2.45) is 0 Å². The van der Waals surface area contributed by atoms with Crippen LogP contribution in [0.3, 0.4) is 0 Å². The lowest BCUT2D eigenvalue weighted by molar-refractivity contribution is -0.120. The van der Waals surface area contributed by atoms with Crippen molar-refractivity contribution in [3.8, 4) is 0 Å². The van der Waals surface area contributed by atoms with Gasteiger partial charge in [-0.3, -0.25) is 9.59 Å². The molecular weight excluding hydrogens is 358 g/mol. The van der Waals surface area contributed by atoms with Crippen LogP contribution in [0.5, 0.6) is 0 Å². The van der Waals surface area contributed by atoms with E-state index in [9.17, 15) is 9.59 Å². The Balaban J connectivity index is 2.10. The standard InChI is InChI=1S/C10H9Br2NO2S/c11-7-5-8(16-9(7)12)10(15)13-3-1-6(14)2-4-13/h5H,1-4H2. The van der Waals surface area contributed by atoms with E-state index in [0.29, 0.717) is 30.8 Å². The fraction of sp³-hybridized carbons (Fsp3) is 0.400. The first-order valence-corrected chi connectivity index (χ1v) is 7.24. The molecule has 0 unspecified atom stereocenters. The highest BCUT2D eigenvalue weighted by Gasteiger charge is 2.23. The lowest BCUT2D eigenvalue weighted by atomic mass is 10.1. The fourth-order valence-electron chi connectivity index (χ4n) is 1.57. The van der Waals surface area contributed by atoms with E-state index in [1.165, 1.54) is 11.3 Å². The highest BCUT2D eigenvalue weighted by atomic mass is 79.9. The van der Waals surface area contributed by atoms with Crippen LogP contribution >= 0.6 is 43.2 Å². The summed E-state index contributed by atoms with van der Waals surface area (Å²) in [7, 11) is 0. The summed E-state index contributed by atoms with van der Waals surface area (Å²) in [5, 5.41) is 0. The molecule has 1 fully saturated rings.